The molecule has 0 saturated heterocycles. The van der Waals surface area contributed by atoms with Gasteiger partial charge in [0.1, 0.15) is 12.4 Å². The lowest BCUT2D eigenvalue weighted by molar-refractivity contribution is 0.246. The fraction of sp³-hybridized carbons (Fsp3) is 0.400. The second-order valence-corrected chi connectivity index (χ2v) is 3.32. The molecule has 0 unspecified atom stereocenters. The van der Waals surface area contributed by atoms with E-state index in [1.165, 1.54) is 0 Å². The van der Waals surface area contributed by atoms with Gasteiger partial charge in [0.2, 0.25) is 0 Å². The minimum Gasteiger partial charge on any atom is -0.492 e. The molecule has 0 aromatic heterocycles. The first-order valence-electron chi connectivity index (χ1n) is 4.48. The van der Waals surface area contributed by atoms with E-state index in [9.17, 15) is 0 Å². The highest BCUT2D eigenvalue weighted by Crippen LogP contribution is 2.28. The summed E-state index contributed by atoms with van der Waals surface area (Å²) in [6.45, 7) is 0.729. The minimum atomic E-state index is 0.386. The van der Waals surface area contributed by atoms with Crippen LogP contribution in [-0.2, 0) is 6.42 Å². The Balaban J connectivity index is 2.32. The molecule has 3 heteroatoms. The second kappa shape index (κ2) is 3.26. The maximum atomic E-state index is 5.85. The summed E-state index contributed by atoms with van der Waals surface area (Å²) in [6.07, 6.45) is 0.957. The molecule has 1 heterocycles. The largest absolute Gasteiger partial charge is 0.492 e. The predicted octanol–water partition coefficient (Wildman–Crippen LogP) is 0.792. The normalized spacial score (nSPS) is 20.5. The van der Waals surface area contributed by atoms with Gasteiger partial charge in [-0.05, 0) is 25.6 Å². The first kappa shape index (κ1) is 8.38. The van der Waals surface area contributed by atoms with Crippen LogP contribution in [0.3, 0.4) is 0 Å². The van der Waals surface area contributed by atoms with Crippen LogP contribution in [0, 0.1) is 0 Å². The highest BCUT2D eigenvalue weighted by Gasteiger charge is 2.19. The van der Waals surface area contributed by atoms with E-state index >= 15 is 0 Å². The summed E-state index contributed by atoms with van der Waals surface area (Å²) in [7, 11) is 1.94. The second-order valence-electron chi connectivity index (χ2n) is 3.32. The molecule has 70 valence electrons. The lowest BCUT2D eigenvalue weighted by Gasteiger charge is -2.25. The number of anilines is 1. The Morgan fingerprint density at radius 3 is 3.15 bits per heavy atom. The fourth-order valence-electron chi connectivity index (χ4n) is 1.62. The molecule has 1 aromatic carbocycles. The molecule has 1 atom stereocenters. The summed E-state index contributed by atoms with van der Waals surface area (Å²) in [5, 5.41) is 3.19. The molecule has 0 fully saturated rings. The van der Waals surface area contributed by atoms with Gasteiger partial charge in [0.15, 0.2) is 0 Å². The molecule has 3 nitrogen and oxygen atoms in total. The van der Waals surface area contributed by atoms with E-state index in [2.05, 4.69) is 5.32 Å². The minimum absolute atomic E-state index is 0.386. The van der Waals surface area contributed by atoms with Crippen molar-refractivity contribution in [1.82, 2.24) is 5.32 Å². The smallest absolute Gasteiger partial charge is 0.124 e. The van der Waals surface area contributed by atoms with Gasteiger partial charge in [-0.15, -0.1) is 0 Å². The number of likely N-dealkylation sites (N-methyl/N-ethyl adjacent to an activating group) is 1. The van der Waals surface area contributed by atoms with Gasteiger partial charge >= 0.3 is 0 Å². The number of nitrogens with two attached hydrogens (primary N) is 1. The van der Waals surface area contributed by atoms with Gasteiger partial charge in [0, 0.05) is 17.3 Å². The molecule has 0 aliphatic carbocycles. The summed E-state index contributed by atoms with van der Waals surface area (Å²) in [4.78, 5) is 0. The summed E-state index contributed by atoms with van der Waals surface area (Å²) >= 11 is 0. The van der Waals surface area contributed by atoms with E-state index < -0.39 is 0 Å². The lowest BCUT2D eigenvalue weighted by Crippen LogP contribution is -2.37. The maximum Gasteiger partial charge on any atom is 0.124 e. The number of nitrogen functional groups attached to an aromatic ring is 1. The Morgan fingerprint density at radius 1 is 1.54 bits per heavy atom. The van der Waals surface area contributed by atoms with E-state index in [0.717, 1.165) is 30.0 Å². The van der Waals surface area contributed by atoms with Gasteiger partial charge in [0.05, 0.1) is 0 Å². The predicted molar refractivity (Wildman–Crippen MR) is 52.9 cm³/mol. The molecule has 1 aliphatic rings. The number of fused-ring (bicyclic) bond motifs is 1. The van der Waals surface area contributed by atoms with Crippen LogP contribution < -0.4 is 15.8 Å². The molecule has 13 heavy (non-hydrogen) atoms. The quantitative estimate of drug-likeness (QED) is 0.625. The fourth-order valence-corrected chi connectivity index (χ4v) is 1.62. The molecule has 2 rings (SSSR count). The zero-order valence-electron chi connectivity index (χ0n) is 7.71. The van der Waals surface area contributed by atoms with Crippen LogP contribution in [0.2, 0.25) is 0 Å². The molecular formula is C10H14N2O. The van der Waals surface area contributed by atoms with Gasteiger partial charge in [-0.25, -0.2) is 0 Å². The van der Waals surface area contributed by atoms with Crippen LogP contribution in [0.5, 0.6) is 5.75 Å². The van der Waals surface area contributed by atoms with Crippen molar-refractivity contribution < 1.29 is 4.74 Å². The van der Waals surface area contributed by atoms with E-state index in [4.69, 9.17) is 10.5 Å². The van der Waals surface area contributed by atoms with Crippen molar-refractivity contribution >= 4 is 5.69 Å². The molecule has 0 saturated carbocycles. The van der Waals surface area contributed by atoms with Crippen molar-refractivity contribution in [3.63, 3.8) is 0 Å². The third kappa shape index (κ3) is 1.47. The summed E-state index contributed by atoms with van der Waals surface area (Å²) in [6, 6.07) is 6.20. The SMILES string of the molecule is CN[C@H]1COc2cccc(N)c2C1. The maximum absolute atomic E-state index is 5.85. The molecule has 1 aliphatic heterocycles. The van der Waals surface area contributed by atoms with Crippen LogP contribution in [0.25, 0.3) is 0 Å². The standard InChI is InChI=1S/C10H14N2O/c1-12-7-5-8-9(11)3-2-4-10(8)13-6-7/h2-4,7,12H,5-6,11H2,1H3/t7-/m1/s1. The third-order valence-corrected chi connectivity index (χ3v) is 2.47. The first-order chi connectivity index (χ1) is 6.31. The molecule has 0 bridgehead atoms. The molecule has 0 spiro atoms. The van der Waals surface area contributed by atoms with E-state index in [1.807, 2.05) is 25.2 Å². The van der Waals surface area contributed by atoms with Crippen molar-refractivity contribution in [1.29, 1.82) is 0 Å². The highest BCUT2D eigenvalue weighted by atomic mass is 16.5. The number of hydrogen-bond donors (Lipinski definition) is 2. The summed E-state index contributed by atoms with van der Waals surface area (Å²) < 4.78 is 5.57. The summed E-state index contributed by atoms with van der Waals surface area (Å²) in [5.41, 5.74) is 7.81. The Labute approximate surface area is 77.9 Å². The van der Waals surface area contributed by atoms with E-state index in [-0.39, 0.29) is 0 Å². The zero-order chi connectivity index (χ0) is 9.26. The average Bonchev–Trinajstić information content (AvgIpc) is 2.18. The van der Waals surface area contributed by atoms with Gasteiger partial charge in [-0.3, -0.25) is 0 Å². The van der Waals surface area contributed by atoms with Crippen molar-refractivity contribution in [3.05, 3.63) is 23.8 Å². The van der Waals surface area contributed by atoms with Gasteiger partial charge < -0.3 is 15.8 Å². The summed E-state index contributed by atoms with van der Waals surface area (Å²) in [5.74, 6) is 0.937. The van der Waals surface area contributed by atoms with Crippen LogP contribution >= 0.6 is 0 Å². The Bertz CT molecular complexity index is 312. The van der Waals surface area contributed by atoms with Crippen LogP contribution in [0.15, 0.2) is 18.2 Å². The average molecular weight is 178 g/mol. The molecule has 0 radical (unpaired) electrons. The first-order valence-corrected chi connectivity index (χ1v) is 4.48. The number of benzene rings is 1. The van der Waals surface area contributed by atoms with Gasteiger partial charge in [-0.1, -0.05) is 6.07 Å². The third-order valence-electron chi connectivity index (χ3n) is 2.47. The number of ether oxygens (including phenoxy) is 1. The topological polar surface area (TPSA) is 47.3 Å². The Hall–Kier alpha value is -1.22. The van der Waals surface area contributed by atoms with E-state index in [1.54, 1.807) is 0 Å². The van der Waals surface area contributed by atoms with Crippen LogP contribution in [-0.4, -0.2) is 19.7 Å². The Morgan fingerprint density at radius 2 is 2.38 bits per heavy atom. The molecule has 0 amide bonds. The van der Waals surface area contributed by atoms with Gasteiger partial charge in [-0.2, -0.15) is 0 Å². The molecule has 1 aromatic rings. The molecule has 3 N–H and O–H groups in total. The Kier molecular flexibility index (Phi) is 2.10. The van der Waals surface area contributed by atoms with Crippen molar-refractivity contribution in [2.75, 3.05) is 19.4 Å². The monoisotopic (exact) mass is 178 g/mol. The number of nitrogens with one attached hydrogen (secondary N) is 1. The van der Waals surface area contributed by atoms with Crippen LogP contribution in [0.1, 0.15) is 5.56 Å². The number of rotatable bonds is 1. The number of hydrogen-bond acceptors (Lipinski definition) is 3. The van der Waals surface area contributed by atoms with Gasteiger partial charge in [0.25, 0.3) is 0 Å². The van der Waals surface area contributed by atoms with Crippen LogP contribution in [0.4, 0.5) is 5.69 Å². The van der Waals surface area contributed by atoms with Crippen molar-refractivity contribution in [2.45, 2.75) is 12.5 Å². The van der Waals surface area contributed by atoms with Crippen molar-refractivity contribution in [2.24, 2.45) is 0 Å². The van der Waals surface area contributed by atoms with E-state index in [0.29, 0.717) is 6.04 Å². The highest BCUT2D eigenvalue weighted by molar-refractivity contribution is 5.55. The lowest BCUT2D eigenvalue weighted by atomic mass is 10.0. The van der Waals surface area contributed by atoms with Crippen molar-refractivity contribution in [3.8, 4) is 5.75 Å². The molecular weight excluding hydrogens is 164 g/mol. The zero-order valence-corrected chi connectivity index (χ0v) is 7.71.